The SMILES string of the molecule is CN1CCC(CC(=O)NCc2ccccc2-n2ccnc2)CC1. The molecular weight excluding hydrogens is 288 g/mol. The quantitative estimate of drug-likeness (QED) is 0.921. The molecule has 1 saturated heterocycles. The van der Waals surface area contributed by atoms with Gasteiger partial charge < -0.3 is 14.8 Å². The van der Waals surface area contributed by atoms with Gasteiger partial charge >= 0.3 is 0 Å². The van der Waals surface area contributed by atoms with Gasteiger partial charge in [-0.25, -0.2) is 4.98 Å². The summed E-state index contributed by atoms with van der Waals surface area (Å²) in [6.07, 6.45) is 8.33. The Morgan fingerprint density at radius 3 is 2.83 bits per heavy atom. The van der Waals surface area contributed by atoms with Gasteiger partial charge in [-0.2, -0.15) is 0 Å². The minimum atomic E-state index is 0.153. The number of imidazole rings is 1. The number of para-hydroxylation sites is 1. The third kappa shape index (κ3) is 4.20. The summed E-state index contributed by atoms with van der Waals surface area (Å²) in [6.45, 7) is 2.75. The number of hydrogen-bond acceptors (Lipinski definition) is 3. The van der Waals surface area contributed by atoms with E-state index in [4.69, 9.17) is 0 Å². The van der Waals surface area contributed by atoms with E-state index in [0.29, 0.717) is 18.9 Å². The van der Waals surface area contributed by atoms with Gasteiger partial charge in [-0.3, -0.25) is 4.79 Å². The Morgan fingerprint density at radius 2 is 2.09 bits per heavy atom. The molecule has 1 aliphatic rings. The third-order valence-corrected chi connectivity index (χ3v) is 4.56. The third-order valence-electron chi connectivity index (χ3n) is 4.56. The number of carbonyl (C=O) groups excluding carboxylic acids is 1. The second-order valence-electron chi connectivity index (χ2n) is 6.33. The molecule has 5 heteroatoms. The molecule has 2 heterocycles. The first-order valence-electron chi connectivity index (χ1n) is 8.24. The van der Waals surface area contributed by atoms with Crippen LogP contribution in [0.2, 0.25) is 0 Å². The molecular formula is C18H24N4O. The van der Waals surface area contributed by atoms with Crippen molar-refractivity contribution in [1.29, 1.82) is 0 Å². The highest BCUT2D eigenvalue weighted by Crippen LogP contribution is 2.19. The first kappa shape index (κ1) is 15.7. The standard InChI is InChI=1S/C18H24N4O/c1-21-9-6-15(7-10-21)12-18(23)20-13-16-4-2-3-5-17(16)22-11-8-19-14-22/h2-5,8,11,14-15H,6-7,9-10,12-13H2,1H3,(H,20,23). The second kappa shape index (κ2) is 7.42. The maximum Gasteiger partial charge on any atom is 0.220 e. The summed E-state index contributed by atoms with van der Waals surface area (Å²) in [7, 11) is 2.14. The van der Waals surface area contributed by atoms with Crippen LogP contribution < -0.4 is 5.32 Å². The van der Waals surface area contributed by atoms with E-state index in [9.17, 15) is 4.79 Å². The number of rotatable bonds is 5. The van der Waals surface area contributed by atoms with Gasteiger partial charge in [0, 0.05) is 25.4 Å². The van der Waals surface area contributed by atoms with Crippen LogP contribution in [0.4, 0.5) is 0 Å². The van der Waals surface area contributed by atoms with Gasteiger partial charge in [-0.1, -0.05) is 18.2 Å². The Balaban J connectivity index is 1.55. The number of amides is 1. The van der Waals surface area contributed by atoms with Crippen LogP contribution in [0.25, 0.3) is 5.69 Å². The molecule has 1 fully saturated rings. The van der Waals surface area contributed by atoms with Crippen molar-refractivity contribution in [2.45, 2.75) is 25.8 Å². The number of aromatic nitrogens is 2. The molecule has 0 aliphatic carbocycles. The summed E-state index contributed by atoms with van der Waals surface area (Å²) < 4.78 is 1.97. The first-order valence-corrected chi connectivity index (χ1v) is 8.24. The lowest BCUT2D eigenvalue weighted by Crippen LogP contribution is -2.33. The van der Waals surface area contributed by atoms with Crippen LogP contribution in [0.3, 0.4) is 0 Å². The number of nitrogens with zero attached hydrogens (tertiary/aromatic N) is 3. The van der Waals surface area contributed by atoms with Crippen molar-refractivity contribution in [2.24, 2.45) is 5.92 Å². The molecule has 1 amide bonds. The summed E-state index contributed by atoms with van der Waals surface area (Å²) in [5.74, 6) is 0.676. The lowest BCUT2D eigenvalue weighted by molar-refractivity contribution is -0.122. The fourth-order valence-corrected chi connectivity index (χ4v) is 3.11. The molecule has 23 heavy (non-hydrogen) atoms. The van der Waals surface area contributed by atoms with Gasteiger partial charge in [0.05, 0.1) is 12.0 Å². The monoisotopic (exact) mass is 312 g/mol. The van der Waals surface area contributed by atoms with E-state index in [-0.39, 0.29) is 5.91 Å². The van der Waals surface area contributed by atoms with Gasteiger partial charge in [0.25, 0.3) is 0 Å². The molecule has 1 N–H and O–H groups in total. The van der Waals surface area contributed by atoms with Gasteiger partial charge in [0.1, 0.15) is 0 Å². The average molecular weight is 312 g/mol. The predicted molar refractivity (Wildman–Crippen MR) is 90.2 cm³/mol. The minimum absolute atomic E-state index is 0.153. The van der Waals surface area contributed by atoms with E-state index in [1.54, 1.807) is 12.5 Å². The lowest BCUT2D eigenvalue weighted by Gasteiger charge is -2.28. The zero-order valence-corrected chi connectivity index (χ0v) is 13.6. The molecule has 1 aromatic heterocycles. The number of piperidine rings is 1. The van der Waals surface area contributed by atoms with Crippen molar-refractivity contribution in [1.82, 2.24) is 19.8 Å². The average Bonchev–Trinajstić information content (AvgIpc) is 3.10. The minimum Gasteiger partial charge on any atom is -0.352 e. The van der Waals surface area contributed by atoms with Crippen LogP contribution in [-0.2, 0) is 11.3 Å². The maximum absolute atomic E-state index is 12.2. The molecule has 0 bridgehead atoms. The molecule has 0 unspecified atom stereocenters. The number of hydrogen-bond donors (Lipinski definition) is 1. The fraction of sp³-hybridized carbons (Fsp3) is 0.444. The highest BCUT2D eigenvalue weighted by molar-refractivity contribution is 5.76. The van der Waals surface area contributed by atoms with Crippen molar-refractivity contribution < 1.29 is 4.79 Å². The highest BCUT2D eigenvalue weighted by Gasteiger charge is 2.19. The van der Waals surface area contributed by atoms with E-state index in [1.165, 1.54) is 0 Å². The van der Waals surface area contributed by atoms with Crippen LogP contribution in [0.5, 0.6) is 0 Å². The van der Waals surface area contributed by atoms with Gasteiger partial charge in [-0.05, 0) is 50.5 Å². The lowest BCUT2D eigenvalue weighted by atomic mass is 9.93. The topological polar surface area (TPSA) is 50.2 Å². The Kier molecular flexibility index (Phi) is 5.08. The smallest absolute Gasteiger partial charge is 0.220 e. The van der Waals surface area contributed by atoms with Crippen molar-refractivity contribution in [3.8, 4) is 5.69 Å². The van der Waals surface area contributed by atoms with E-state index in [1.807, 2.05) is 35.0 Å². The van der Waals surface area contributed by atoms with Crippen LogP contribution in [0.15, 0.2) is 43.0 Å². The van der Waals surface area contributed by atoms with Crippen LogP contribution >= 0.6 is 0 Å². The Hall–Kier alpha value is -2.14. The largest absolute Gasteiger partial charge is 0.352 e. The predicted octanol–water partition coefficient (Wildman–Crippen LogP) is 2.22. The number of likely N-dealkylation sites (tertiary alicyclic amines) is 1. The summed E-state index contributed by atoms with van der Waals surface area (Å²) >= 11 is 0. The van der Waals surface area contributed by atoms with E-state index >= 15 is 0 Å². The molecule has 1 aromatic carbocycles. The Morgan fingerprint density at radius 1 is 1.30 bits per heavy atom. The molecule has 0 atom stereocenters. The van der Waals surface area contributed by atoms with Crippen molar-refractivity contribution >= 4 is 5.91 Å². The first-order chi connectivity index (χ1) is 11.2. The molecule has 5 nitrogen and oxygen atoms in total. The van der Waals surface area contributed by atoms with Gasteiger partial charge in [0.2, 0.25) is 5.91 Å². The summed E-state index contributed by atoms with van der Waals surface area (Å²) in [5, 5.41) is 3.07. The van der Waals surface area contributed by atoms with Crippen LogP contribution in [-0.4, -0.2) is 40.5 Å². The Labute approximate surface area is 137 Å². The zero-order valence-electron chi connectivity index (χ0n) is 13.6. The molecule has 3 rings (SSSR count). The number of nitrogens with one attached hydrogen (secondary N) is 1. The summed E-state index contributed by atoms with van der Waals surface area (Å²) in [6, 6.07) is 8.09. The van der Waals surface area contributed by atoms with Crippen molar-refractivity contribution in [3.05, 3.63) is 48.5 Å². The van der Waals surface area contributed by atoms with Crippen molar-refractivity contribution in [3.63, 3.8) is 0 Å². The number of benzene rings is 1. The molecule has 2 aromatic rings. The van der Waals surface area contributed by atoms with Crippen LogP contribution in [0, 0.1) is 5.92 Å². The van der Waals surface area contributed by atoms with Crippen molar-refractivity contribution in [2.75, 3.05) is 20.1 Å². The summed E-state index contributed by atoms with van der Waals surface area (Å²) in [5.41, 5.74) is 2.16. The van der Waals surface area contributed by atoms with Gasteiger partial charge in [0.15, 0.2) is 0 Å². The number of carbonyl (C=O) groups is 1. The maximum atomic E-state index is 12.2. The molecule has 0 saturated carbocycles. The van der Waals surface area contributed by atoms with Crippen LogP contribution in [0.1, 0.15) is 24.8 Å². The Bertz CT molecular complexity index is 630. The second-order valence-corrected chi connectivity index (χ2v) is 6.33. The summed E-state index contributed by atoms with van der Waals surface area (Å²) in [4.78, 5) is 18.6. The molecule has 1 aliphatic heterocycles. The fourth-order valence-electron chi connectivity index (χ4n) is 3.11. The van der Waals surface area contributed by atoms with Gasteiger partial charge in [-0.15, -0.1) is 0 Å². The molecule has 0 spiro atoms. The molecule has 122 valence electrons. The highest BCUT2D eigenvalue weighted by atomic mass is 16.1. The molecule has 0 radical (unpaired) electrons. The van der Waals surface area contributed by atoms with E-state index in [0.717, 1.165) is 37.2 Å². The zero-order chi connectivity index (χ0) is 16.1. The normalized spacial score (nSPS) is 16.4. The van der Waals surface area contributed by atoms with E-state index < -0.39 is 0 Å². The van der Waals surface area contributed by atoms with E-state index in [2.05, 4.69) is 22.2 Å².